The van der Waals surface area contributed by atoms with Gasteiger partial charge in [0.05, 0.1) is 17.8 Å². The lowest BCUT2D eigenvalue weighted by Crippen LogP contribution is -2.32. The first-order valence-corrected chi connectivity index (χ1v) is 11.0. The van der Waals surface area contributed by atoms with E-state index in [1.807, 2.05) is 42.7 Å². The summed E-state index contributed by atoms with van der Waals surface area (Å²) in [5.41, 5.74) is 2.37. The number of carbonyl (C=O) groups excluding carboxylic acids is 3. The first kappa shape index (κ1) is 26.9. The van der Waals surface area contributed by atoms with E-state index in [0.717, 1.165) is 17.7 Å². The van der Waals surface area contributed by atoms with E-state index in [1.165, 1.54) is 12.3 Å². The zero-order valence-corrected chi connectivity index (χ0v) is 19.6. The highest BCUT2D eigenvalue weighted by atomic mass is 19.4. The minimum Gasteiger partial charge on any atom is -0.484 e. The van der Waals surface area contributed by atoms with Crippen LogP contribution in [0.1, 0.15) is 29.7 Å². The SMILES string of the molecule is C[C@@H](NC(=O)COc1ccc(C=NNC(=O)C(=O)Nc2cccc(C(F)(F)F)c2)cc1)c1ccccc1. The lowest BCUT2D eigenvalue weighted by atomic mass is 10.1. The summed E-state index contributed by atoms with van der Waals surface area (Å²) < 4.78 is 43.8. The molecule has 3 amide bonds. The molecule has 8 nitrogen and oxygen atoms in total. The van der Waals surface area contributed by atoms with Crippen LogP contribution in [0.15, 0.2) is 84.0 Å². The van der Waals surface area contributed by atoms with E-state index in [9.17, 15) is 27.6 Å². The summed E-state index contributed by atoms with van der Waals surface area (Å²) in [6, 6.07) is 19.6. The minimum atomic E-state index is -4.58. The second-order valence-electron chi connectivity index (χ2n) is 7.79. The van der Waals surface area contributed by atoms with Crippen molar-refractivity contribution in [3.05, 3.63) is 95.6 Å². The Hall–Kier alpha value is -4.67. The van der Waals surface area contributed by atoms with Gasteiger partial charge >= 0.3 is 18.0 Å². The van der Waals surface area contributed by atoms with Crippen molar-refractivity contribution in [3.63, 3.8) is 0 Å². The number of amides is 3. The van der Waals surface area contributed by atoms with Crippen molar-refractivity contribution in [2.24, 2.45) is 5.10 Å². The molecular formula is C26H23F3N4O4. The topological polar surface area (TPSA) is 109 Å². The number of ether oxygens (including phenoxy) is 1. The maximum absolute atomic E-state index is 12.8. The van der Waals surface area contributed by atoms with Crippen LogP contribution in [0.25, 0.3) is 0 Å². The second kappa shape index (κ2) is 12.3. The summed E-state index contributed by atoms with van der Waals surface area (Å²) in [7, 11) is 0. The molecule has 3 N–H and O–H groups in total. The summed E-state index contributed by atoms with van der Waals surface area (Å²) in [5, 5.41) is 8.58. The van der Waals surface area contributed by atoms with E-state index in [4.69, 9.17) is 4.74 Å². The molecule has 3 aromatic rings. The van der Waals surface area contributed by atoms with Gasteiger partial charge in [0.2, 0.25) is 0 Å². The van der Waals surface area contributed by atoms with Crippen LogP contribution in [0, 0.1) is 0 Å². The highest BCUT2D eigenvalue weighted by Crippen LogP contribution is 2.30. The largest absolute Gasteiger partial charge is 0.484 e. The molecule has 0 aliphatic heterocycles. The van der Waals surface area contributed by atoms with Gasteiger partial charge in [-0.2, -0.15) is 18.3 Å². The Balaban J connectivity index is 1.43. The van der Waals surface area contributed by atoms with Gasteiger partial charge in [0.15, 0.2) is 6.61 Å². The fourth-order valence-corrected chi connectivity index (χ4v) is 3.08. The fraction of sp³-hybridized carbons (Fsp3) is 0.154. The summed E-state index contributed by atoms with van der Waals surface area (Å²) in [4.78, 5) is 35.9. The van der Waals surface area contributed by atoms with E-state index < -0.39 is 23.6 Å². The lowest BCUT2D eigenvalue weighted by Gasteiger charge is -2.14. The van der Waals surface area contributed by atoms with Crippen LogP contribution in [0.3, 0.4) is 0 Å². The Kier molecular flexibility index (Phi) is 8.98. The van der Waals surface area contributed by atoms with Gasteiger partial charge in [0.25, 0.3) is 5.91 Å². The van der Waals surface area contributed by atoms with Crippen LogP contribution in [0.5, 0.6) is 5.75 Å². The van der Waals surface area contributed by atoms with Crippen molar-refractivity contribution in [2.45, 2.75) is 19.1 Å². The highest BCUT2D eigenvalue weighted by molar-refractivity contribution is 6.39. The third kappa shape index (κ3) is 8.49. The predicted octanol–water partition coefficient (Wildman–Crippen LogP) is 4.05. The van der Waals surface area contributed by atoms with E-state index in [1.54, 1.807) is 24.3 Å². The van der Waals surface area contributed by atoms with Gasteiger partial charge in [-0.15, -0.1) is 0 Å². The summed E-state index contributed by atoms with van der Waals surface area (Å²) >= 11 is 0. The average molecular weight is 512 g/mol. The van der Waals surface area contributed by atoms with Crippen LogP contribution < -0.4 is 20.8 Å². The lowest BCUT2D eigenvalue weighted by molar-refractivity contribution is -0.137. The van der Waals surface area contributed by atoms with Crippen LogP contribution in [0.4, 0.5) is 18.9 Å². The van der Waals surface area contributed by atoms with Gasteiger partial charge < -0.3 is 15.4 Å². The van der Waals surface area contributed by atoms with Crippen molar-refractivity contribution < 1.29 is 32.3 Å². The van der Waals surface area contributed by atoms with Gasteiger partial charge in [-0.3, -0.25) is 14.4 Å². The van der Waals surface area contributed by atoms with Crippen LogP contribution in [0.2, 0.25) is 0 Å². The number of hydrazone groups is 1. The van der Waals surface area contributed by atoms with E-state index >= 15 is 0 Å². The molecule has 0 bridgehead atoms. The summed E-state index contributed by atoms with van der Waals surface area (Å²) in [5.74, 6) is -2.19. The summed E-state index contributed by atoms with van der Waals surface area (Å²) in [6.45, 7) is 1.69. The number of nitrogens with one attached hydrogen (secondary N) is 3. The molecule has 37 heavy (non-hydrogen) atoms. The van der Waals surface area contributed by atoms with Gasteiger partial charge in [-0.1, -0.05) is 36.4 Å². The predicted molar refractivity (Wildman–Crippen MR) is 131 cm³/mol. The number of hydrogen-bond acceptors (Lipinski definition) is 5. The van der Waals surface area contributed by atoms with Gasteiger partial charge in [-0.05, 0) is 60.5 Å². The molecule has 3 rings (SSSR count). The van der Waals surface area contributed by atoms with Crippen molar-refractivity contribution in [1.82, 2.24) is 10.7 Å². The first-order chi connectivity index (χ1) is 17.6. The van der Waals surface area contributed by atoms with E-state index in [0.29, 0.717) is 17.4 Å². The van der Waals surface area contributed by atoms with Crippen LogP contribution in [-0.2, 0) is 20.6 Å². The Morgan fingerprint density at radius 2 is 1.65 bits per heavy atom. The quantitative estimate of drug-likeness (QED) is 0.240. The van der Waals surface area contributed by atoms with E-state index in [-0.39, 0.29) is 24.2 Å². The maximum atomic E-state index is 12.8. The number of anilines is 1. The molecule has 0 unspecified atom stereocenters. The Bertz CT molecular complexity index is 1260. The zero-order valence-electron chi connectivity index (χ0n) is 19.6. The molecule has 0 aliphatic rings. The van der Waals surface area contributed by atoms with Crippen molar-refractivity contribution in [1.29, 1.82) is 0 Å². The Labute approximate surface area is 210 Å². The zero-order chi connectivity index (χ0) is 26.8. The number of nitrogens with zero attached hydrogens (tertiary/aromatic N) is 1. The maximum Gasteiger partial charge on any atom is 0.416 e. The molecule has 1 atom stereocenters. The first-order valence-electron chi connectivity index (χ1n) is 11.0. The molecule has 0 fully saturated rings. The van der Waals surface area contributed by atoms with Crippen molar-refractivity contribution in [3.8, 4) is 5.75 Å². The van der Waals surface area contributed by atoms with Crippen LogP contribution in [-0.4, -0.2) is 30.5 Å². The molecular weight excluding hydrogens is 489 g/mol. The number of alkyl halides is 3. The van der Waals surface area contributed by atoms with Gasteiger partial charge in [-0.25, -0.2) is 5.43 Å². The number of rotatable bonds is 8. The van der Waals surface area contributed by atoms with Gasteiger partial charge in [0, 0.05) is 5.69 Å². The third-order valence-corrected chi connectivity index (χ3v) is 4.96. The Morgan fingerprint density at radius 1 is 0.946 bits per heavy atom. The van der Waals surface area contributed by atoms with Gasteiger partial charge in [0.1, 0.15) is 5.75 Å². The molecule has 192 valence electrons. The third-order valence-electron chi connectivity index (χ3n) is 4.96. The molecule has 0 aliphatic carbocycles. The molecule has 0 radical (unpaired) electrons. The fourth-order valence-electron chi connectivity index (χ4n) is 3.08. The smallest absolute Gasteiger partial charge is 0.416 e. The van der Waals surface area contributed by atoms with Crippen molar-refractivity contribution >= 4 is 29.6 Å². The number of hydrogen-bond donors (Lipinski definition) is 3. The minimum absolute atomic E-state index is 0.168. The number of carbonyl (C=O) groups is 3. The molecule has 0 aromatic heterocycles. The monoisotopic (exact) mass is 512 g/mol. The molecule has 3 aromatic carbocycles. The molecule has 0 saturated carbocycles. The molecule has 11 heteroatoms. The second-order valence-corrected chi connectivity index (χ2v) is 7.79. The number of halogens is 3. The Morgan fingerprint density at radius 3 is 2.32 bits per heavy atom. The molecule has 0 saturated heterocycles. The number of benzene rings is 3. The van der Waals surface area contributed by atoms with Crippen LogP contribution >= 0.6 is 0 Å². The molecule has 0 heterocycles. The average Bonchev–Trinajstić information content (AvgIpc) is 2.88. The van der Waals surface area contributed by atoms with Crippen molar-refractivity contribution in [2.75, 3.05) is 11.9 Å². The molecule has 0 spiro atoms. The highest BCUT2D eigenvalue weighted by Gasteiger charge is 2.30. The normalized spacial score (nSPS) is 12.0. The standard InChI is InChI=1S/C26H23F3N4O4/c1-17(19-6-3-2-4-7-19)31-23(34)16-37-22-12-10-18(11-13-22)15-30-33-25(36)24(35)32-21-9-5-8-20(14-21)26(27,28)29/h2-15,17H,16H2,1H3,(H,31,34)(H,32,35)(H,33,36)/t17-/m1/s1. The summed E-state index contributed by atoms with van der Waals surface area (Å²) in [6.07, 6.45) is -3.32. The van der Waals surface area contributed by atoms with E-state index in [2.05, 4.69) is 15.7 Å².